The van der Waals surface area contributed by atoms with E-state index in [-0.39, 0.29) is 0 Å². The maximum Gasteiger partial charge on any atom is 0.234 e. The van der Waals surface area contributed by atoms with Crippen LogP contribution in [0.15, 0.2) is 9.98 Å². The predicted octanol–water partition coefficient (Wildman–Crippen LogP) is 2.49. The quantitative estimate of drug-likeness (QED) is 0.525. The highest BCUT2D eigenvalue weighted by molar-refractivity contribution is 5.33. The molecule has 1 atom stereocenters. The number of hydrogen-bond donors (Lipinski definition) is 0. The van der Waals surface area contributed by atoms with E-state index in [1.165, 1.54) is 12.8 Å². The Hall–Kier alpha value is -1.24. The van der Waals surface area contributed by atoms with Crippen molar-refractivity contribution in [2.45, 2.75) is 39.0 Å². The molecule has 0 saturated heterocycles. The largest absolute Gasteiger partial charge is 0.234 e. The number of isocyanates is 2. The number of carbonyl (C=O) groups excluding carboxylic acids is 2. The highest BCUT2D eigenvalue weighted by Gasteiger charge is 2.24. The van der Waals surface area contributed by atoms with Gasteiger partial charge in [-0.2, -0.15) is 0 Å². The van der Waals surface area contributed by atoms with Crippen LogP contribution in [-0.2, 0) is 9.59 Å². The average molecular weight is 236 g/mol. The summed E-state index contributed by atoms with van der Waals surface area (Å²) in [6.45, 7) is 3.47. The van der Waals surface area contributed by atoms with Crippen molar-refractivity contribution in [3.8, 4) is 0 Å². The molecule has 1 unspecified atom stereocenters. The average Bonchev–Trinajstić information content (AvgIpc) is 2.37. The maximum absolute atomic E-state index is 10.0. The Morgan fingerprint density at radius 2 is 1.76 bits per heavy atom. The molecule has 0 aliphatic heterocycles. The van der Waals surface area contributed by atoms with Crippen LogP contribution in [0.5, 0.6) is 0 Å². The molecule has 1 aliphatic carbocycles. The predicted molar refractivity (Wildman–Crippen MR) is 65.2 cm³/mol. The van der Waals surface area contributed by atoms with Gasteiger partial charge in [-0.1, -0.05) is 6.92 Å². The lowest BCUT2D eigenvalue weighted by molar-refractivity contribution is 0.212. The summed E-state index contributed by atoms with van der Waals surface area (Å²) >= 11 is 0. The minimum Gasteiger partial charge on any atom is -0.211 e. The highest BCUT2D eigenvalue weighted by atomic mass is 16.1. The number of hydrogen-bond acceptors (Lipinski definition) is 4. The van der Waals surface area contributed by atoms with Gasteiger partial charge in [0, 0.05) is 0 Å². The summed E-state index contributed by atoms with van der Waals surface area (Å²) in [5.41, 5.74) is 0. The summed E-state index contributed by atoms with van der Waals surface area (Å²) in [5.74, 6) is 1.91. The first-order valence-corrected chi connectivity index (χ1v) is 6.35. The van der Waals surface area contributed by atoms with Gasteiger partial charge in [0.2, 0.25) is 12.2 Å². The normalized spacial score (nSPS) is 25.5. The van der Waals surface area contributed by atoms with Crippen molar-refractivity contribution in [3.05, 3.63) is 0 Å². The molecule has 4 heteroatoms. The second-order valence-corrected chi connectivity index (χ2v) is 4.95. The second kappa shape index (κ2) is 7.94. The van der Waals surface area contributed by atoms with Crippen molar-refractivity contribution in [3.63, 3.8) is 0 Å². The molecule has 1 aliphatic rings. The van der Waals surface area contributed by atoms with Crippen molar-refractivity contribution < 1.29 is 9.59 Å². The third-order valence-electron chi connectivity index (χ3n) is 3.87. The van der Waals surface area contributed by atoms with Crippen molar-refractivity contribution in [2.24, 2.45) is 27.7 Å². The zero-order valence-corrected chi connectivity index (χ0v) is 10.4. The summed E-state index contributed by atoms with van der Waals surface area (Å²) in [7, 11) is 0. The third kappa shape index (κ3) is 5.08. The van der Waals surface area contributed by atoms with Gasteiger partial charge in [-0.05, 0) is 49.9 Å². The van der Waals surface area contributed by atoms with Gasteiger partial charge < -0.3 is 0 Å². The number of rotatable bonds is 6. The summed E-state index contributed by atoms with van der Waals surface area (Å²) in [5, 5.41) is 0. The monoisotopic (exact) mass is 236 g/mol. The van der Waals surface area contributed by atoms with Crippen molar-refractivity contribution in [1.29, 1.82) is 0 Å². The summed E-state index contributed by atoms with van der Waals surface area (Å²) in [6, 6.07) is 0. The Kier molecular flexibility index (Phi) is 6.46. The smallest absolute Gasteiger partial charge is 0.211 e. The second-order valence-electron chi connectivity index (χ2n) is 4.95. The van der Waals surface area contributed by atoms with Gasteiger partial charge in [0.1, 0.15) is 0 Å². The van der Waals surface area contributed by atoms with E-state index in [9.17, 15) is 9.59 Å². The molecule has 0 aromatic rings. The molecule has 1 saturated carbocycles. The Balaban J connectivity index is 2.25. The molecule has 0 bridgehead atoms. The lowest BCUT2D eigenvalue weighted by Crippen LogP contribution is -2.22. The number of nitrogens with zero attached hydrogens (tertiary/aromatic N) is 2. The molecule has 0 aromatic carbocycles. The SMILES string of the molecule is CC(CCN=C=O)C1CCC(CN=C=O)CC1. The molecular weight excluding hydrogens is 216 g/mol. The molecule has 0 N–H and O–H groups in total. The molecule has 1 rings (SSSR count). The van der Waals surface area contributed by atoms with Gasteiger partial charge >= 0.3 is 0 Å². The van der Waals surface area contributed by atoms with Crippen LogP contribution in [-0.4, -0.2) is 25.2 Å². The minimum atomic E-state index is 0.563. The van der Waals surface area contributed by atoms with Crippen molar-refractivity contribution in [2.75, 3.05) is 13.1 Å². The van der Waals surface area contributed by atoms with Crippen molar-refractivity contribution >= 4 is 12.2 Å². The molecule has 94 valence electrons. The fraction of sp³-hybridized carbons (Fsp3) is 0.846. The molecule has 0 spiro atoms. The van der Waals surface area contributed by atoms with Crippen LogP contribution in [0, 0.1) is 17.8 Å². The Morgan fingerprint density at radius 1 is 1.12 bits per heavy atom. The molecule has 0 heterocycles. The topological polar surface area (TPSA) is 58.9 Å². The van der Waals surface area contributed by atoms with E-state index in [0.717, 1.165) is 25.2 Å². The van der Waals surface area contributed by atoms with Gasteiger partial charge in [0.25, 0.3) is 0 Å². The first kappa shape index (κ1) is 13.8. The standard InChI is InChI=1S/C13H20N2O2/c1-11(6-7-14-9-16)13-4-2-12(3-5-13)8-15-10-17/h11-13H,2-8H2,1H3. The van der Waals surface area contributed by atoms with Crippen LogP contribution in [0.3, 0.4) is 0 Å². The van der Waals surface area contributed by atoms with Crippen LogP contribution >= 0.6 is 0 Å². The summed E-state index contributed by atoms with van der Waals surface area (Å²) < 4.78 is 0. The van der Waals surface area contributed by atoms with Crippen LogP contribution in [0.1, 0.15) is 39.0 Å². The molecular formula is C13H20N2O2. The van der Waals surface area contributed by atoms with Gasteiger partial charge in [-0.25, -0.2) is 19.6 Å². The molecule has 17 heavy (non-hydrogen) atoms. The van der Waals surface area contributed by atoms with E-state index in [4.69, 9.17) is 0 Å². The lowest BCUT2D eigenvalue weighted by atomic mass is 9.75. The number of aliphatic imine (C=N–C) groups is 2. The zero-order chi connectivity index (χ0) is 12.5. The van der Waals surface area contributed by atoms with Gasteiger partial charge in [-0.15, -0.1) is 0 Å². The summed E-state index contributed by atoms with van der Waals surface area (Å²) in [6.07, 6.45) is 8.86. The molecule has 4 nitrogen and oxygen atoms in total. The van der Waals surface area contributed by atoms with Crippen LogP contribution < -0.4 is 0 Å². The molecule has 0 radical (unpaired) electrons. The van der Waals surface area contributed by atoms with E-state index in [2.05, 4.69) is 16.9 Å². The summed E-state index contributed by atoms with van der Waals surface area (Å²) in [4.78, 5) is 27.3. The highest BCUT2D eigenvalue weighted by Crippen LogP contribution is 2.34. The van der Waals surface area contributed by atoms with E-state index in [1.807, 2.05) is 0 Å². The van der Waals surface area contributed by atoms with Crippen LogP contribution in [0.4, 0.5) is 0 Å². The molecule has 1 fully saturated rings. The van der Waals surface area contributed by atoms with Crippen LogP contribution in [0.2, 0.25) is 0 Å². The van der Waals surface area contributed by atoms with Crippen molar-refractivity contribution in [1.82, 2.24) is 0 Å². The van der Waals surface area contributed by atoms with Gasteiger partial charge in [0.15, 0.2) is 0 Å². The molecule has 0 amide bonds. The van der Waals surface area contributed by atoms with Gasteiger partial charge in [0.05, 0.1) is 13.1 Å². The van der Waals surface area contributed by atoms with Crippen LogP contribution in [0.25, 0.3) is 0 Å². The van der Waals surface area contributed by atoms with E-state index in [1.54, 1.807) is 12.2 Å². The fourth-order valence-corrected chi connectivity index (χ4v) is 2.66. The lowest BCUT2D eigenvalue weighted by Gasteiger charge is -2.31. The Morgan fingerprint density at radius 3 is 2.35 bits per heavy atom. The molecule has 0 aromatic heterocycles. The first-order valence-electron chi connectivity index (χ1n) is 6.35. The van der Waals surface area contributed by atoms with E-state index in [0.29, 0.717) is 24.9 Å². The Labute approximate surface area is 102 Å². The van der Waals surface area contributed by atoms with E-state index >= 15 is 0 Å². The van der Waals surface area contributed by atoms with E-state index < -0.39 is 0 Å². The zero-order valence-electron chi connectivity index (χ0n) is 10.4. The Bertz CT molecular complexity index is 309. The van der Waals surface area contributed by atoms with Gasteiger partial charge in [-0.3, -0.25) is 0 Å². The fourth-order valence-electron chi connectivity index (χ4n) is 2.66. The third-order valence-corrected chi connectivity index (χ3v) is 3.87. The first-order chi connectivity index (χ1) is 8.27. The maximum atomic E-state index is 10.0. The minimum absolute atomic E-state index is 0.563.